The van der Waals surface area contributed by atoms with Crippen molar-refractivity contribution in [3.05, 3.63) is 10.8 Å². The van der Waals surface area contributed by atoms with E-state index in [0.717, 1.165) is 12.8 Å². The number of anilines is 2. The van der Waals surface area contributed by atoms with Crippen molar-refractivity contribution in [2.24, 2.45) is 5.73 Å². The van der Waals surface area contributed by atoms with Crippen molar-refractivity contribution in [3.63, 3.8) is 0 Å². The van der Waals surface area contributed by atoms with Crippen LogP contribution in [0.1, 0.15) is 30.3 Å². The third kappa shape index (κ3) is 4.25. The number of nitrogens with one attached hydrogen (secondary N) is 2. The summed E-state index contributed by atoms with van der Waals surface area (Å²) in [5.41, 5.74) is 16.4. The number of nitrogen functional groups attached to an aromatic ring is 2. The fourth-order valence-electron chi connectivity index (χ4n) is 1.23. The number of halogens is 1. The quantitative estimate of drug-likeness (QED) is 0.251. The minimum absolute atomic E-state index is 0.0336. The molecule has 8 N–H and O–H groups in total. The Kier molecular flexibility index (Phi) is 5.31. The van der Waals surface area contributed by atoms with E-state index in [4.69, 9.17) is 28.8 Å². The van der Waals surface area contributed by atoms with Crippen LogP contribution >= 0.6 is 11.6 Å². The Balaban J connectivity index is 2.78. The molecule has 0 aliphatic carbocycles. The first-order chi connectivity index (χ1) is 8.95. The van der Waals surface area contributed by atoms with Gasteiger partial charge in [-0.25, -0.2) is 20.1 Å². The summed E-state index contributed by atoms with van der Waals surface area (Å²) in [7, 11) is 0. The Bertz CT molecular complexity index is 503. The lowest BCUT2D eigenvalue weighted by Crippen LogP contribution is -2.79. The SMILES string of the molecule is CCCC[NH+]=C(N)NC(=O)c1nc(Cl)c(N)nc1N. The van der Waals surface area contributed by atoms with Gasteiger partial charge in [0, 0.05) is 0 Å². The molecular formula is C10H17ClN7O+. The molecule has 0 aliphatic rings. The fraction of sp³-hybridized carbons (Fsp3) is 0.400. The summed E-state index contributed by atoms with van der Waals surface area (Å²) < 4.78 is 0. The van der Waals surface area contributed by atoms with Gasteiger partial charge in [-0.2, -0.15) is 0 Å². The topological polar surface area (TPSA) is 147 Å². The minimum Gasteiger partial charge on any atom is -0.382 e. The maximum Gasteiger partial charge on any atom is 0.348 e. The molecule has 0 saturated heterocycles. The number of guanidine groups is 1. The Morgan fingerprint density at radius 3 is 2.68 bits per heavy atom. The normalized spacial score (nSPS) is 11.4. The lowest BCUT2D eigenvalue weighted by Gasteiger charge is -2.04. The number of aromatic nitrogens is 2. The highest BCUT2D eigenvalue weighted by atomic mass is 35.5. The van der Waals surface area contributed by atoms with Crippen molar-refractivity contribution in [2.75, 3.05) is 18.0 Å². The number of hydrogen-bond donors (Lipinski definition) is 5. The molecule has 0 unspecified atom stereocenters. The second-order valence-electron chi connectivity index (χ2n) is 3.78. The predicted molar refractivity (Wildman–Crippen MR) is 73.3 cm³/mol. The van der Waals surface area contributed by atoms with Gasteiger partial charge in [-0.3, -0.25) is 10.7 Å². The maximum absolute atomic E-state index is 11.8. The van der Waals surface area contributed by atoms with Gasteiger partial charge in [0.25, 0.3) is 0 Å². The monoisotopic (exact) mass is 286 g/mol. The lowest BCUT2D eigenvalue weighted by molar-refractivity contribution is -0.460. The number of nitrogens with zero attached hydrogens (tertiary/aromatic N) is 2. The summed E-state index contributed by atoms with van der Waals surface area (Å²) in [6.07, 6.45) is 1.95. The highest BCUT2D eigenvalue weighted by molar-refractivity contribution is 6.31. The average molecular weight is 287 g/mol. The molecule has 0 spiro atoms. The van der Waals surface area contributed by atoms with Crippen LogP contribution in [0.25, 0.3) is 0 Å². The van der Waals surface area contributed by atoms with Crippen molar-refractivity contribution < 1.29 is 9.79 Å². The molecule has 1 heterocycles. The summed E-state index contributed by atoms with van der Waals surface area (Å²) in [5.74, 6) is -0.629. The van der Waals surface area contributed by atoms with E-state index in [1.165, 1.54) is 0 Å². The zero-order valence-electron chi connectivity index (χ0n) is 10.5. The first-order valence-corrected chi connectivity index (χ1v) is 6.09. The number of unbranched alkanes of at least 4 members (excludes halogenated alkanes) is 1. The van der Waals surface area contributed by atoms with E-state index in [9.17, 15) is 4.79 Å². The zero-order chi connectivity index (χ0) is 14.4. The molecule has 9 heteroatoms. The average Bonchev–Trinajstić information content (AvgIpc) is 2.34. The zero-order valence-corrected chi connectivity index (χ0v) is 11.3. The first-order valence-electron chi connectivity index (χ1n) is 5.71. The Labute approximate surface area is 115 Å². The summed E-state index contributed by atoms with van der Waals surface area (Å²) in [6.45, 7) is 2.70. The van der Waals surface area contributed by atoms with Crippen molar-refractivity contribution >= 4 is 35.1 Å². The second-order valence-corrected chi connectivity index (χ2v) is 4.14. The van der Waals surface area contributed by atoms with Crippen LogP contribution in [0.15, 0.2) is 0 Å². The van der Waals surface area contributed by atoms with Crippen LogP contribution in [0, 0.1) is 0 Å². The molecule has 0 saturated carbocycles. The van der Waals surface area contributed by atoms with E-state index in [0.29, 0.717) is 6.54 Å². The van der Waals surface area contributed by atoms with Crippen LogP contribution in [-0.4, -0.2) is 28.4 Å². The molecule has 0 aliphatic heterocycles. The van der Waals surface area contributed by atoms with Crippen molar-refractivity contribution in [1.29, 1.82) is 0 Å². The molecule has 1 rings (SSSR count). The van der Waals surface area contributed by atoms with Gasteiger partial charge in [0.15, 0.2) is 22.5 Å². The minimum atomic E-state index is -0.603. The van der Waals surface area contributed by atoms with Gasteiger partial charge in [-0.15, -0.1) is 0 Å². The van der Waals surface area contributed by atoms with Gasteiger partial charge in [-0.05, 0) is 6.42 Å². The predicted octanol–water partition coefficient (Wildman–Crippen LogP) is -1.78. The van der Waals surface area contributed by atoms with Crippen LogP contribution in [-0.2, 0) is 0 Å². The smallest absolute Gasteiger partial charge is 0.348 e. The van der Waals surface area contributed by atoms with Gasteiger partial charge < -0.3 is 11.5 Å². The van der Waals surface area contributed by atoms with Gasteiger partial charge in [0.1, 0.15) is 0 Å². The third-order valence-corrected chi connectivity index (χ3v) is 2.49. The number of hydrogen-bond acceptors (Lipinski definition) is 5. The molecule has 0 aromatic carbocycles. The van der Waals surface area contributed by atoms with Crippen LogP contribution in [0.4, 0.5) is 11.6 Å². The summed E-state index contributed by atoms with van der Waals surface area (Å²) >= 11 is 5.68. The maximum atomic E-state index is 11.8. The van der Waals surface area contributed by atoms with Gasteiger partial charge in [0.05, 0.1) is 6.54 Å². The van der Waals surface area contributed by atoms with E-state index in [1.807, 2.05) is 6.92 Å². The molecule has 0 radical (unpaired) electrons. The van der Waals surface area contributed by atoms with Crippen molar-refractivity contribution in [3.8, 4) is 0 Å². The number of amides is 1. The molecule has 1 amide bonds. The van der Waals surface area contributed by atoms with Gasteiger partial charge >= 0.3 is 11.9 Å². The number of nitrogens with two attached hydrogens (primary N) is 3. The largest absolute Gasteiger partial charge is 0.382 e. The molecule has 19 heavy (non-hydrogen) atoms. The molecule has 0 bridgehead atoms. The molecule has 1 aromatic rings. The summed E-state index contributed by atoms with van der Waals surface area (Å²) in [5, 5.41) is 2.32. The molecule has 0 atom stereocenters. The van der Waals surface area contributed by atoms with E-state index >= 15 is 0 Å². The van der Waals surface area contributed by atoms with Gasteiger partial charge in [0.2, 0.25) is 0 Å². The Morgan fingerprint density at radius 2 is 2.05 bits per heavy atom. The number of carbonyl (C=O) groups is 1. The van der Waals surface area contributed by atoms with Crippen molar-refractivity contribution in [2.45, 2.75) is 19.8 Å². The molecule has 0 fully saturated rings. The van der Waals surface area contributed by atoms with E-state index in [-0.39, 0.29) is 28.4 Å². The third-order valence-electron chi connectivity index (χ3n) is 2.21. The van der Waals surface area contributed by atoms with Gasteiger partial charge in [-0.1, -0.05) is 24.9 Å². The Morgan fingerprint density at radius 1 is 1.37 bits per heavy atom. The van der Waals surface area contributed by atoms with Crippen LogP contribution in [0.2, 0.25) is 5.15 Å². The summed E-state index contributed by atoms with van der Waals surface area (Å²) in [4.78, 5) is 22.2. The Hall–Kier alpha value is -2.09. The first kappa shape index (κ1) is 15.0. The van der Waals surface area contributed by atoms with Crippen molar-refractivity contribution in [1.82, 2.24) is 15.3 Å². The van der Waals surface area contributed by atoms with Crippen LogP contribution in [0.5, 0.6) is 0 Å². The van der Waals surface area contributed by atoms with E-state index in [1.54, 1.807) is 0 Å². The summed E-state index contributed by atoms with van der Waals surface area (Å²) in [6, 6.07) is 0. The lowest BCUT2D eigenvalue weighted by atomic mass is 10.3. The van der Waals surface area contributed by atoms with E-state index in [2.05, 4.69) is 20.3 Å². The highest BCUT2D eigenvalue weighted by Crippen LogP contribution is 2.16. The van der Waals surface area contributed by atoms with Crippen LogP contribution in [0.3, 0.4) is 0 Å². The standard InChI is InChI=1S/C10H16ClN7O/c1-2-3-4-15-10(14)18-9(19)5-7(12)17-8(13)6(11)16-5/h2-4H2,1H3,(H4,12,13,17)(H3,14,15,18,19)/p+1. The molecular weight excluding hydrogens is 270 g/mol. The number of rotatable bonds is 4. The highest BCUT2D eigenvalue weighted by Gasteiger charge is 2.19. The molecule has 1 aromatic heterocycles. The second kappa shape index (κ2) is 6.74. The van der Waals surface area contributed by atoms with Crippen LogP contribution < -0.4 is 27.5 Å². The van der Waals surface area contributed by atoms with E-state index < -0.39 is 5.91 Å². The fourth-order valence-corrected chi connectivity index (χ4v) is 1.36. The molecule has 104 valence electrons. The number of carbonyl (C=O) groups excluding carboxylic acids is 1. The molecule has 8 nitrogen and oxygen atoms in total.